The van der Waals surface area contributed by atoms with Gasteiger partial charge in [0.15, 0.2) is 0 Å². The van der Waals surface area contributed by atoms with E-state index in [-0.39, 0.29) is 0 Å². The van der Waals surface area contributed by atoms with E-state index >= 15 is 0 Å². The Kier molecular flexibility index (Phi) is 1.89. The van der Waals surface area contributed by atoms with Gasteiger partial charge in [-0.15, -0.1) is 0 Å². The summed E-state index contributed by atoms with van der Waals surface area (Å²) < 4.78 is 0. The van der Waals surface area contributed by atoms with Crippen LogP contribution in [0, 0.1) is 11.8 Å². The Hall–Kier alpha value is -0.530. The van der Waals surface area contributed by atoms with Crippen LogP contribution < -0.4 is 0 Å². The molecule has 1 aliphatic rings. The molecular weight excluding hydrogens is 100 g/mol. The van der Waals surface area contributed by atoms with E-state index < -0.39 is 0 Å². The Balaban J connectivity index is 2.22. The molecule has 0 unspecified atom stereocenters. The van der Waals surface area contributed by atoms with Gasteiger partial charge in [0.2, 0.25) is 0 Å². The van der Waals surface area contributed by atoms with Gasteiger partial charge in [-0.1, -0.05) is 0 Å². The van der Waals surface area contributed by atoms with Crippen molar-refractivity contribution < 1.29 is 0 Å². The molecule has 0 aromatic carbocycles. The molecule has 1 aliphatic heterocycles. The fourth-order valence-electron chi connectivity index (χ4n) is 0.899. The van der Waals surface area contributed by atoms with Crippen molar-refractivity contribution in [3.05, 3.63) is 6.42 Å². The summed E-state index contributed by atoms with van der Waals surface area (Å²) in [5.74, 6) is 0. The molecule has 8 heavy (non-hydrogen) atoms. The summed E-state index contributed by atoms with van der Waals surface area (Å²) in [4.78, 5) is 2.03. The summed E-state index contributed by atoms with van der Waals surface area (Å²) in [5.41, 5.74) is 0. The molecule has 0 bridgehead atoms. The Morgan fingerprint density at radius 1 is 1.38 bits per heavy atom. The lowest BCUT2D eigenvalue weighted by atomic mass is 10.1. The van der Waals surface area contributed by atoms with E-state index in [4.69, 9.17) is 5.41 Å². The third-order valence-corrected chi connectivity index (χ3v) is 1.42. The number of hydrogen-bond donors (Lipinski definition) is 1. The number of rotatable bonds is 1. The first-order chi connectivity index (χ1) is 3.93. The van der Waals surface area contributed by atoms with E-state index in [0.717, 1.165) is 25.9 Å². The minimum Gasteiger partial charge on any atom is -0.363 e. The molecule has 0 amide bonds. The van der Waals surface area contributed by atoms with Gasteiger partial charge in [0.1, 0.15) is 0 Å². The van der Waals surface area contributed by atoms with E-state index in [1.807, 2.05) is 4.90 Å². The van der Waals surface area contributed by atoms with E-state index in [1.165, 1.54) is 6.34 Å². The van der Waals surface area contributed by atoms with Crippen LogP contribution in [0.15, 0.2) is 0 Å². The highest BCUT2D eigenvalue weighted by atomic mass is 15.1. The first-order valence-corrected chi connectivity index (χ1v) is 3.00. The van der Waals surface area contributed by atoms with Crippen molar-refractivity contribution in [2.24, 2.45) is 0 Å². The zero-order chi connectivity index (χ0) is 5.82. The van der Waals surface area contributed by atoms with Crippen molar-refractivity contribution in [2.45, 2.75) is 12.8 Å². The molecule has 0 atom stereocenters. The second-order valence-corrected chi connectivity index (χ2v) is 2.03. The van der Waals surface area contributed by atoms with Crippen LogP contribution in [0.2, 0.25) is 0 Å². The van der Waals surface area contributed by atoms with Crippen molar-refractivity contribution >= 4 is 6.34 Å². The lowest BCUT2D eigenvalue weighted by Crippen LogP contribution is -2.27. The van der Waals surface area contributed by atoms with E-state index in [1.54, 1.807) is 0 Å². The highest BCUT2D eigenvalue weighted by molar-refractivity contribution is 5.50. The van der Waals surface area contributed by atoms with Crippen LogP contribution in [-0.2, 0) is 0 Å². The lowest BCUT2D eigenvalue weighted by molar-refractivity contribution is 0.393. The number of likely N-dealkylation sites (tertiary alicyclic amines) is 1. The summed E-state index contributed by atoms with van der Waals surface area (Å²) in [6.07, 6.45) is 6.00. The quantitative estimate of drug-likeness (QED) is 0.395. The zero-order valence-electron chi connectivity index (χ0n) is 4.93. The van der Waals surface area contributed by atoms with Crippen LogP contribution in [0.25, 0.3) is 0 Å². The number of nitrogens with zero attached hydrogens (tertiary/aromatic N) is 1. The fourth-order valence-corrected chi connectivity index (χ4v) is 0.899. The van der Waals surface area contributed by atoms with Crippen LogP contribution in [0.5, 0.6) is 0 Å². The van der Waals surface area contributed by atoms with E-state index in [0.29, 0.717) is 0 Å². The monoisotopic (exact) mass is 111 g/mol. The average molecular weight is 111 g/mol. The Morgan fingerprint density at radius 2 is 2.00 bits per heavy atom. The van der Waals surface area contributed by atoms with Crippen LogP contribution in [-0.4, -0.2) is 24.3 Å². The third kappa shape index (κ3) is 1.22. The van der Waals surface area contributed by atoms with Gasteiger partial charge >= 0.3 is 0 Å². The van der Waals surface area contributed by atoms with Crippen molar-refractivity contribution in [3.8, 4) is 0 Å². The molecule has 1 saturated heterocycles. The Bertz CT molecular complexity index is 74.6. The molecule has 1 heterocycles. The van der Waals surface area contributed by atoms with Gasteiger partial charge in [0.05, 0.1) is 6.34 Å². The van der Waals surface area contributed by atoms with Crippen molar-refractivity contribution in [1.29, 1.82) is 5.41 Å². The molecule has 0 aliphatic carbocycles. The highest BCUT2D eigenvalue weighted by Gasteiger charge is 2.04. The molecular formula is C6H11N2. The zero-order valence-corrected chi connectivity index (χ0v) is 4.93. The molecule has 1 rings (SSSR count). The summed E-state index contributed by atoms with van der Waals surface area (Å²) in [7, 11) is 0. The van der Waals surface area contributed by atoms with Gasteiger partial charge in [-0.3, -0.25) is 5.41 Å². The molecule has 1 fully saturated rings. The van der Waals surface area contributed by atoms with E-state index in [9.17, 15) is 0 Å². The summed E-state index contributed by atoms with van der Waals surface area (Å²) in [6.45, 7) is 2.09. The summed E-state index contributed by atoms with van der Waals surface area (Å²) in [6, 6.07) is 0. The first kappa shape index (κ1) is 5.60. The maximum atomic E-state index is 6.88. The lowest BCUT2D eigenvalue weighted by Gasteiger charge is -2.22. The second kappa shape index (κ2) is 2.70. The summed E-state index contributed by atoms with van der Waals surface area (Å²) in [5, 5.41) is 6.88. The van der Waals surface area contributed by atoms with Crippen molar-refractivity contribution in [1.82, 2.24) is 4.90 Å². The van der Waals surface area contributed by atoms with Crippen LogP contribution in [0.4, 0.5) is 0 Å². The molecule has 0 aromatic heterocycles. The smallest absolute Gasteiger partial charge is 0.0817 e. The molecule has 45 valence electrons. The number of piperidine rings is 1. The van der Waals surface area contributed by atoms with Gasteiger partial charge in [-0.25, -0.2) is 0 Å². The molecule has 2 heteroatoms. The molecule has 2 nitrogen and oxygen atoms in total. The minimum absolute atomic E-state index is 1.05. The van der Waals surface area contributed by atoms with Crippen LogP contribution in [0.1, 0.15) is 12.8 Å². The average Bonchev–Trinajstić information content (AvgIpc) is 1.90. The molecule has 0 saturated carbocycles. The highest BCUT2D eigenvalue weighted by Crippen LogP contribution is 2.04. The molecule has 0 spiro atoms. The minimum atomic E-state index is 1.05. The first-order valence-electron chi connectivity index (χ1n) is 3.00. The standard InChI is InChI=1S/C6H11N2/c7-6-8-4-2-1-3-5-8/h1,6-7H,2-5H2. The molecule has 0 aromatic rings. The van der Waals surface area contributed by atoms with Gasteiger partial charge in [-0.05, 0) is 19.3 Å². The maximum Gasteiger partial charge on any atom is 0.0817 e. The second-order valence-electron chi connectivity index (χ2n) is 2.03. The van der Waals surface area contributed by atoms with Gasteiger partial charge in [0, 0.05) is 13.1 Å². The number of hydrogen-bond acceptors (Lipinski definition) is 1. The molecule has 1 radical (unpaired) electrons. The van der Waals surface area contributed by atoms with E-state index in [2.05, 4.69) is 6.42 Å². The predicted molar refractivity (Wildman–Crippen MR) is 33.9 cm³/mol. The van der Waals surface area contributed by atoms with Crippen LogP contribution in [0.3, 0.4) is 0 Å². The Labute approximate surface area is 50.0 Å². The largest absolute Gasteiger partial charge is 0.363 e. The predicted octanol–water partition coefficient (Wildman–Crippen LogP) is 0.894. The third-order valence-electron chi connectivity index (χ3n) is 1.42. The summed E-state index contributed by atoms with van der Waals surface area (Å²) >= 11 is 0. The van der Waals surface area contributed by atoms with Gasteiger partial charge < -0.3 is 4.90 Å². The van der Waals surface area contributed by atoms with Gasteiger partial charge in [-0.2, -0.15) is 0 Å². The van der Waals surface area contributed by atoms with Crippen molar-refractivity contribution in [3.63, 3.8) is 0 Å². The van der Waals surface area contributed by atoms with Crippen LogP contribution >= 0.6 is 0 Å². The molecule has 1 N–H and O–H groups in total. The Morgan fingerprint density at radius 3 is 2.38 bits per heavy atom. The maximum absolute atomic E-state index is 6.88. The fraction of sp³-hybridized carbons (Fsp3) is 0.667. The normalized spacial score (nSPS) is 20.8. The van der Waals surface area contributed by atoms with Gasteiger partial charge in [0.25, 0.3) is 0 Å². The van der Waals surface area contributed by atoms with Crippen molar-refractivity contribution in [2.75, 3.05) is 13.1 Å². The number of nitrogens with one attached hydrogen (secondary N) is 1. The SMILES string of the molecule is N=CN1CC[CH]CC1. The topological polar surface area (TPSA) is 27.1 Å².